The van der Waals surface area contributed by atoms with Crippen molar-refractivity contribution in [3.05, 3.63) is 89.0 Å². The van der Waals surface area contributed by atoms with Gasteiger partial charge in [-0.2, -0.15) is 0 Å². The summed E-state index contributed by atoms with van der Waals surface area (Å²) in [6.45, 7) is 8.83. The molecule has 0 fully saturated rings. The second kappa shape index (κ2) is 12.2. The van der Waals surface area contributed by atoms with Crippen LogP contribution in [0.15, 0.2) is 66.7 Å². The van der Waals surface area contributed by atoms with Gasteiger partial charge in [0.05, 0.1) is 13.5 Å². The Labute approximate surface area is 208 Å². The van der Waals surface area contributed by atoms with Crippen molar-refractivity contribution in [1.29, 1.82) is 0 Å². The molecule has 0 aliphatic rings. The average Bonchev–Trinajstić information content (AvgIpc) is 2.83. The van der Waals surface area contributed by atoms with Gasteiger partial charge in [0.1, 0.15) is 11.9 Å². The fourth-order valence-corrected chi connectivity index (χ4v) is 4.23. The van der Waals surface area contributed by atoms with E-state index in [1.165, 1.54) is 29.4 Å². The SMILES string of the molecule is COC(=O)CCNC(=O)c1ccc(C(CC(C)C)Oc2cc(C)c(-c3ccccc3)c(C)c2)cc1. The third-order valence-corrected chi connectivity index (χ3v) is 5.92. The summed E-state index contributed by atoms with van der Waals surface area (Å²) in [5, 5.41) is 2.75. The Balaban J connectivity index is 1.76. The van der Waals surface area contributed by atoms with Crippen molar-refractivity contribution in [2.45, 2.75) is 46.6 Å². The van der Waals surface area contributed by atoms with Gasteiger partial charge >= 0.3 is 5.97 Å². The normalized spacial score (nSPS) is 11.7. The first-order valence-corrected chi connectivity index (χ1v) is 12.1. The zero-order valence-corrected chi connectivity index (χ0v) is 21.3. The van der Waals surface area contributed by atoms with E-state index in [9.17, 15) is 9.59 Å². The van der Waals surface area contributed by atoms with Crippen molar-refractivity contribution in [3.8, 4) is 16.9 Å². The standard InChI is InChI=1S/C30H35NO4/c1-20(2)17-27(23-11-13-25(14-12-23)30(33)31-16-15-28(32)34-5)35-26-18-21(3)29(22(4)19-26)24-9-7-6-8-10-24/h6-14,18-20,27H,15-17H2,1-5H3,(H,31,33). The third-order valence-electron chi connectivity index (χ3n) is 5.92. The van der Waals surface area contributed by atoms with Gasteiger partial charge in [-0.05, 0) is 78.3 Å². The van der Waals surface area contributed by atoms with Gasteiger partial charge in [-0.15, -0.1) is 0 Å². The molecule has 5 nitrogen and oxygen atoms in total. The van der Waals surface area contributed by atoms with Crippen LogP contribution in [0.5, 0.6) is 5.75 Å². The van der Waals surface area contributed by atoms with Crippen LogP contribution in [0.2, 0.25) is 0 Å². The zero-order chi connectivity index (χ0) is 25.4. The summed E-state index contributed by atoms with van der Waals surface area (Å²) in [4.78, 5) is 23.6. The molecule has 0 saturated heterocycles. The number of benzene rings is 3. The molecular weight excluding hydrogens is 438 g/mol. The molecule has 184 valence electrons. The van der Waals surface area contributed by atoms with Crippen molar-refractivity contribution in [1.82, 2.24) is 5.32 Å². The van der Waals surface area contributed by atoms with E-state index in [4.69, 9.17) is 4.74 Å². The van der Waals surface area contributed by atoms with E-state index in [0.717, 1.165) is 17.7 Å². The van der Waals surface area contributed by atoms with Crippen molar-refractivity contribution in [3.63, 3.8) is 0 Å². The zero-order valence-electron chi connectivity index (χ0n) is 21.3. The molecule has 1 N–H and O–H groups in total. The first-order chi connectivity index (χ1) is 16.8. The highest BCUT2D eigenvalue weighted by Crippen LogP contribution is 2.34. The minimum absolute atomic E-state index is 0.132. The lowest BCUT2D eigenvalue weighted by Crippen LogP contribution is -2.26. The van der Waals surface area contributed by atoms with E-state index in [0.29, 0.717) is 11.5 Å². The predicted molar refractivity (Wildman–Crippen MR) is 140 cm³/mol. The fraction of sp³-hybridized carbons (Fsp3) is 0.333. The summed E-state index contributed by atoms with van der Waals surface area (Å²) in [7, 11) is 1.33. The molecule has 0 radical (unpaired) electrons. The van der Waals surface area contributed by atoms with Crippen LogP contribution in [-0.2, 0) is 9.53 Å². The van der Waals surface area contributed by atoms with Gasteiger partial charge in [-0.25, -0.2) is 0 Å². The van der Waals surface area contributed by atoms with Crippen LogP contribution < -0.4 is 10.1 Å². The molecular formula is C30H35NO4. The van der Waals surface area contributed by atoms with Crippen molar-refractivity contribution >= 4 is 11.9 Å². The van der Waals surface area contributed by atoms with E-state index in [1.54, 1.807) is 12.1 Å². The van der Waals surface area contributed by atoms with Crippen LogP contribution in [0, 0.1) is 19.8 Å². The molecule has 3 rings (SSSR count). The van der Waals surface area contributed by atoms with Crippen LogP contribution in [0.1, 0.15) is 59.8 Å². The van der Waals surface area contributed by atoms with Crippen LogP contribution in [0.3, 0.4) is 0 Å². The molecule has 35 heavy (non-hydrogen) atoms. The summed E-state index contributed by atoms with van der Waals surface area (Å²) in [6, 6.07) is 22.1. The molecule has 0 saturated carbocycles. The first-order valence-electron chi connectivity index (χ1n) is 12.1. The van der Waals surface area contributed by atoms with Crippen molar-refractivity contribution < 1.29 is 19.1 Å². The molecule has 3 aromatic rings. The number of ether oxygens (including phenoxy) is 2. The van der Waals surface area contributed by atoms with E-state index in [2.05, 4.69) is 74.1 Å². The largest absolute Gasteiger partial charge is 0.486 e. The van der Waals surface area contributed by atoms with Gasteiger partial charge < -0.3 is 14.8 Å². The lowest BCUT2D eigenvalue weighted by atomic mass is 9.95. The molecule has 0 spiro atoms. The molecule has 1 unspecified atom stereocenters. The summed E-state index contributed by atoms with van der Waals surface area (Å²) < 4.78 is 11.1. The monoisotopic (exact) mass is 473 g/mol. The van der Waals surface area contributed by atoms with E-state index < -0.39 is 0 Å². The van der Waals surface area contributed by atoms with Crippen LogP contribution in [-0.4, -0.2) is 25.5 Å². The van der Waals surface area contributed by atoms with E-state index in [-0.39, 0.29) is 30.9 Å². The van der Waals surface area contributed by atoms with Crippen LogP contribution >= 0.6 is 0 Å². The third kappa shape index (κ3) is 7.19. The number of hydrogen-bond donors (Lipinski definition) is 1. The number of hydrogen-bond acceptors (Lipinski definition) is 4. The molecule has 0 bridgehead atoms. The molecule has 0 aliphatic heterocycles. The number of carbonyl (C=O) groups is 2. The number of amides is 1. The van der Waals surface area contributed by atoms with Crippen LogP contribution in [0.4, 0.5) is 0 Å². The summed E-state index contributed by atoms with van der Waals surface area (Å²) in [6.07, 6.45) is 0.864. The Morgan fingerprint density at radius 3 is 2.11 bits per heavy atom. The number of rotatable bonds is 10. The highest BCUT2D eigenvalue weighted by Gasteiger charge is 2.18. The molecule has 1 amide bonds. The van der Waals surface area contributed by atoms with Gasteiger partial charge in [0.2, 0.25) is 0 Å². The predicted octanol–water partition coefficient (Wildman–Crippen LogP) is 6.43. The molecule has 1 atom stereocenters. The van der Waals surface area contributed by atoms with Crippen molar-refractivity contribution in [2.75, 3.05) is 13.7 Å². The first kappa shape index (κ1) is 26.0. The number of nitrogens with one attached hydrogen (secondary N) is 1. The summed E-state index contributed by atoms with van der Waals surface area (Å²) in [5.41, 5.74) is 6.35. The Bertz CT molecular complexity index is 1110. The number of esters is 1. The lowest BCUT2D eigenvalue weighted by molar-refractivity contribution is -0.140. The molecule has 0 heterocycles. The Morgan fingerprint density at radius 2 is 1.54 bits per heavy atom. The summed E-state index contributed by atoms with van der Waals surface area (Å²) >= 11 is 0. The van der Waals surface area contributed by atoms with Crippen molar-refractivity contribution in [2.24, 2.45) is 5.92 Å². The minimum atomic E-state index is -0.350. The highest BCUT2D eigenvalue weighted by molar-refractivity contribution is 5.94. The number of aryl methyl sites for hydroxylation is 2. The van der Waals surface area contributed by atoms with E-state index in [1.807, 2.05) is 18.2 Å². The Kier molecular flexibility index (Phi) is 9.07. The maximum absolute atomic E-state index is 12.4. The molecule has 3 aromatic carbocycles. The molecule has 0 aliphatic carbocycles. The lowest BCUT2D eigenvalue weighted by Gasteiger charge is -2.23. The van der Waals surface area contributed by atoms with Gasteiger partial charge in [0.25, 0.3) is 5.91 Å². The number of carbonyl (C=O) groups excluding carboxylic acids is 2. The van der Waals surface area contributed by atoms with Crippen LogP contribution in [0.25, 0.3) is 11.1 Å². The Hall–Kier alpha value is -3.60. The smallest absolute Gasteiger partial charge is 0.307 e. The van der Waals surface area contributed by atoms with E-state index >= 15 is 0 Å². The maximum Gasteiger partial charge on any atom is 0.307 e. The average molecular weight is 474 g/mol. The maximum atomic E-state index is 12.4. The fourth-order valence-electron chi connectivity index (χ4n) is 4.23. The second-order valence-corrected chi connectivity index (χ2v) is 9.24. The molecule has 5 heteroatoms. The second-order valence-electron chi connectivity index (χ2n) is 9.24. The topological polar surface area (TPSA) is 64.6 Å². The summed E-state index contributed by atoms with van der Waals surface area (Å²) in [5.74, 6) is 0.711. The Morgan fingerprint density at radius 1 is 0.914 bits per heavy atom. The van der Waals surface area contributed by atoms with Gasteiger partial charge in [0.15, 0.2) is 0 Å². The van der Waals surface area contributed by atoms with Gasteiger partial charge in [0, 0.05) is 12.1 Å². The quantitative estimate of drug-likeness (QED) is 0.345. The molecule has 0 aromatic heterocycles. The highest BCUT2D eigenvalue weighted by atomic mass is 16.5. The minimum Gasteiger partial charge on any atom is -0.486 e. The number of methoxy groups -OCH3 is 1. The van der Waals surface area contributed by atoms with Gasteiger partial charge in [-0.1, -0.05) is 56.3 Å². The van der Waals surface area contributed by atoms with Gasteiger partial charge in [-0.3, -0.25) is 9.59 Å².